The normalized spacial score (nSPS) is 17.0. The Bertz CT molecular complexity index is 732. The predicted octanol–water partition coefficient (Wildman–Crippen LogP) is 2.10. The number of nitrogens with one attached hydrogen (secondary N) is 2. The van der Waals surface area contributed by atoms with Gasteiger partial charge in [-0.3, -0.25) is 4.79 Å². The summed E-state index contributed by atoms with van der Waals surface area (Å²) in [5.74, 6) is 0.758. The first-order valence-electron chi connectivity index (χ1n) is 9.73. The highest BCUT2D eigenvalue weighted by Gasteiger charge is 2.28. The molecule has 0 aromatic heterocycles. The van der Waals surface area contributed by atoms with Crippen LogP contribution in [0.1, 0.15) is 17.5 Å². The number of carbonyl (C=O) groups is 1. The van der Waals surface area contributed by atoms with Crippen LogP contribution in [0.3, 0.4) is 0 Å². The first kappa shape index (κ1) is 23.8. The average Bonchev–Trinajstić information content (AvgIpc) is 3.19. The molecular weight excluding hydrogens is 401 g/mol. The Hall–Kier alpha value is -2.49. The maximum absolute atomic E-state index is 12.6. The molecule has 1 amide bonds. The lowest BCUT2D eigenvalue weighted by molar-refractivity contribution is -0.153. The van der Waals surface area contributed by atoms with E-state index in [1.807, 2.05) is 0 Å². The van der Waals surface area contributed by atoms with Gasteiger partial charge >= 0.3 is 6.18 Å². The van der Waals surface area contributed by atoms with E-state index in [-0.39, 0.29) is 24.7 Å². The minimum absolute atomic E-state index is 0.0470. The number of halogens is 3. The Morgan fingerprint density at radius 3 is 2.73 bits per heavy atom. The summed E-state index contributed by atoms with van der Waals surface area (Å²) in [6, 6.07) is 5.04. The smallest absolute Gasteiger partial charge is 0.422 e. The van der Waals surface area contributed by atoms with Crippen LogP contribution >= 0.6 is 0 Å². The van der Waals surface area contributed by atoms with E-state index in [1.165, 1.54) is 4.90 Å². The van der Waals surface area contributed by atoms with Crippen molar-refractivity contribution in [1.82, 2.24) is 15.5 Å². The van der Waals surface area contributed by atoms with E-state index in [0.29, 0.717) is 37.2 Å². The number of hydrogen-bond acceptors (Lipinski definition) is 4. The van der Waals surface area contributed by atoms with Gasteiger partial charge in [-0.15, -0.1) is 0 Å². The van der Waals surface area contributed by atoms with Crippen molar-refractivity contribution in [2.45, 2.75) is 26.1 Å². The van der Waals surface area contributed by atoms with Crippen LogP contribution in [0.5, 0.6) is 5.75 Å². The number of guanidine groups is 1. The third-order valence-corrected chi connectivity index (χ3v) is 4.51. The van der Waals surface area contributed by atoms with Gasteiger partial charge in [0.05, 0.1) is 19.7 Å². The molecule has 168 valence electrons. The van der Waals surface area contributed by atoms with Crippen LogP contribution < -0.4 is 15.4 Å². The van der Waals surface area contributed by atoms with Crippen molar-refractivity contribution < 1.29 is 27.4 Å². The molecule has 1 aliphatic rings. The van der Waals surface area contributed by atoms with E-state index >= 15 is 0 Å². The Labute approximate surface area is 174 Å². The summed E-state index contributed by atoms with van der Waals surface area (Å²) in [4.78, 5) is 17.8. The van der Waals surface area contributed by atoms with E-state index in [1.54, 1.807) is 39.2 Å². The molecule has 10 heteroatoms. The number of aryl methyl sites for hydroxylation is 1. The number of rotatable bonds is 8. The number of aliphatic imine (C=N–C) groups is 1. The van der Waals surface area contributed by atoms with E-state index < -0.39 is 12.8 Å². The molecule has 0 aliphatic carbocycles. The number of carbonyl (C=O) groups excluding carboxylic acids is 1. The van der Waals surface area contributed by atoms with Crippen LogP contribution in [-0.4, -0.2) is 69.9 Å². The SMILES string of the molecule is Cc1ccc(CN=C(NCC(=O)N(C)C)NCC2CCOC2)c(OCC(F)(F)F)c1. The molecule has 1 atom stereocenters. The van der Waals surface area contributed by atoms with Gasteiger partial charge in [0.2, 0.25) is 5.91 Å². The van der Waals surface area contributed by atoms with Gasteiger partial charge in [-0.1, -0.05) is 12.1 Å². The maximum atomic E-state index is 12.6. The maximum Gasteiger partial charge on any atom is 0.422 e. The molecule has 1 aromatic rings. The van der Waals surface area contributed by atoms with Crippen LogP contribution in [0.25, 0.3) is 0 Å². The molecule has 2 rings (SSSR count). The van der Waals surface area contributed by atoms with Crippen LogP contribution in [0.2, 0.25) is 0 Å². The minimum Gasteiger partial charge on any atom is -0.484 e. The molecule has 0 saturated carbocycles. The van der Waals surface area contributed by atoms with Gasteiger partial charge in [0.15, 0.2) is 12.6 Å². The Morgan fingerprint density at radius 1 is 1.33 bits per heavy atom. The summed E-state index contributed by atoms with van der Waals surface area (Å²) in [7, 11) is 3.31. The lowest BCUT2D eigenvalue weighted by Gasteiger charge is -2.17. The summed E-state index contributed by atoms with van der Waals surface area (Å²) in [6.45, 7) is 2.55. The zero-order valence-electron chi connectivity index (χ0n) is 17.5. The molecule has 1 aromatic carbocycles. The second kappa shape index (κ2) is 11.1. The number of benzene rings is 1. The van der Waals surface area contributed by atoms with Crippen molar-refractivity contribution in [1.29, 1.82) is 0 Å². The lowest BCUT2D eigenvalue weighted by Crippen LogP contribution is -2.44. The fraction of sp³-hybridized carbons (Fsp3) is 0.600. The first-order valence-corrected chi connectivity index (χ1v) is 9.73. The summed E-state index contributed by atoms with van der Waals surface area (Å²) < 4.78 is 48.0. The van der Waals surface area contributed by atoms with Crippen molar-refractivity contribution in [2.24, 2.45) is 10.9 Å². The van der Waals surface area contributed by atoms with Crippen molar-refractivity contribution in [3.05, 3.63) is 29.3 Å². The molecule has 7 nitrogen and oxygen atoms in total. The lowest BCUT2D eigenvalue weighted by atomic mass is 10.1. The van der Waals surface area contributed by atoms with Gasteiger partial charge in [0.1, 0.15) is 5.75 Å². The predicted molar refractivity (Wildman–Crippen MR) is 107 cm³/mol. The highest BCUT2D eigenvalue weighted by molar-refractivity contribution is 5.86. The molecule has 1 saturated heterocycles. The largest absolute Gasteiger partial charge is 0.484 e. The molecular formula is C20H29F3N4O3. The van der Waals surface area contributed by atoms with Crippen LogP contribution in [0, 0.1) is 12.8 Å². The number of hydrogen-bond donors (Lipinski definition) is 2. The Kier molecular flexibility index (Phi) is 8.76. The molecule has 30 heavy (non-hydrogen) atoms. The van der Waals surface area contributed by atoms with Crippen molar-refractivity contribution in [2.75, 3.05) is 47.0 Å². The topological polar surface area (TPSA) is 75.2 Å². The Morgan fingerprint density at radius 2 is 2.10 bits per heavy atom. The molecule has 0 radical (unpaired) electrons. The second-order valence-electron chi connectivity index (χ2n) is 7.43. The van der Waals surface area contributed by atoms with Gasteiger partial charge in [0, 0.05) is 38.7 Å². The first-order chi connectivity index (χ1) is 14.1. The number of alkyl halides is 3. The molecule has 1 heterocycles. The average molecular weight is 430 g/mol. The van der Waals surface area contributed by atoms with E-state index in [0.717, 1.165) is 12.0 Å². The number of ether oxygens (including phenoxy) is 2. The fourth-order valence-corrected chi connectivity index (χ4v) is 2.73. The Balaban J connectivity index is 2.08. The van der Waals surface area contributed by atoms with E-state index in [9.17, 15) is 18.0 Å². The molecule has 1 unspecified atom stereocenters. The highest BCUT2D eigenvalue weighted by Crippen LogP contribution is 2.24. The summed E-state index contributed by atoms with van der Waals surface area (Å²) >= 11 is 0. The van der Waals surface area contributed by atoms with Gasteiger partial charge in [-0.25, -0.2) is 4.99 Å². The van der Waals surface area contributed by atoms with Crippen LogP contribution in [0.4, 0.5) is 13.2 Å². The van der Waals surface area contributed by atoms with Crippen molar-refractivity contribution in [3.8, 4) is 5.75 Å². The zero-order valence-corrected chi connectivity index (χ0v) is 17.5. The molecule has 0 bridgehead atoms. The van der Waals surface area contributed by atoms with Gasteiger partial charge in [-0.05, 0) is 25.0 Å². The van der Waals surface area contributed by atoms with Crippen molar-refractivity contribution >= 4 is 11.9 Å². The highest BCUT2D eigenvalue weighted by atomic mass is 19.4. The number of amides is 1. The molecule has 1 fully saturated rings. The number of nitrogens with zero attached hydrogens (tertiary/aromatic N) is 2. The monoisotopic (exact) mass is 430 g/mol. The van der Waals surface area contributed by atoms with Crippen LogP contribution in [0.15, 0.2) is 23.2 Å². The molecule has 1 aliphatic heterocycles. The van der Waals surface area contributed by atoms with E-state index in [2.05, 4.69) is 15.6 Å². The standard InChI is InChI=1S/C20H29F3N4O3/c1-14-4-5-16(17(8-14)30-13-20(21,22)23)10-25-19(26-11-18(28)27(2)3)24-9-15-6-7-29-12-15/h4-5,8,15H,6-7,9-13H2,1-3H3,(H2,24,25,26). The second-order valence-corrected chi connectivity index (χ2v) is 7.43. The van der Waals surface area contributed by atoms with Gasteiger partial charge < -0.3 is 25.0 Å². The number of likely N-dealkylation sites (N-methyl/N-ethyl adjacent to an activating group) is 1. The third-order valence-electron chi connectivity index (χ3n) is 4.51. The minimum atomic E-state index is -4.42. The zero-order chi connectivity index (χ0) is 22.1. The quantitative estimate of drug-likeness (QED) is 0.488. The van der Waals surface area contributed by atoms with Crippen LogP contribution in [-0.2, 0) is 16.1 Å². The van der Waals surface area contributed by atoms with Gasteiger partial charge in [0.25, 0.3) is 0 Å². The summed E-state index contributed by atoms with van der Waals surface area (Å²) in [5.41, 5.74) is 1.31. The molecule has 0 spiro atoms. The van der Waals surface area contributed by atoms with Crippen molar-refractivity contribution in [3.63, 3.8) is 0 Å². The summed E-state index contributed by atoms with van der Waals surface area (Å²) in [5, 5.41) is 6.15. The fourth-order valence-electron chi connectivity index (χ4n) is 2.73. The molecule has 2 N–H and O–H groups in total. The third kappa shape index (κ3) is 8.48. The summed E-state index contributed by atoms with van der Waals surface area (Å²) in [6.07, 6.45) is -3.49. The van der Waals surface area contributed by atoms with Gasteiger partial charge in [-0.2, -0.15) is 13.2 Å². The van der Waals surface area contributed by atoms with E-state index in [4.69, 9.17) is 9.47 Å².